The van der Waals surface area contributed by atoms with E-state index < -0.39 is 0 Å². The van der Waals surface area contributed by atoms with Gasteiger partial charge in [-0.15, -0.1) is 0 Å². The monoisotopic (exact) mass is 281 g/mol. The Balaban J connectivity index is 2.18. The maximum atomic E-state index is 11.4. The lowest BCUT2D eigenvalue weighted by Crippen LogP contribution is -2.25. The molecule has 0 saturated heterocycles. The Labute approximate surface area is 128 Å². The summed E-state index contributed by atoms with van der Waals surface area (Å²) in [6.07, 6.45) is 8.85. The van der Waals surface area contributed by atoms with Gasteiger partial charge in [-0.2, -0.15) is 0 Å². The summed E-state index contributed by atoms with van der Waals surface area (Å²) in [6, 6.07) is 10.1. The number of unbranched alkanes of at least 4 members (excludes halogenated alkanes) is 1. The van der Waals surface area contributed by atoms with E-state index in [1.165, 1.54) is 0 Å². The Morgan fingerprint density at radius 1 is 1.29 bits per heavy atom. The minimum Gasteiger partial charge on any atom is -0.352 e. The van der Waals surface area contributed by atoms with Crippen LogP contribution in [0.25, 0.3) is 6.08 Å². The second-order valence-corrected chi connectivity index (χ2v) is 5.15. The number of benzene rings is 1. The molecule has 0 aliphatic carbocycles. The molecule has 0 aromatic heterocycles. The molecule has 0 radical (unpaired) electrons. The minimum absolute atomic E-state index is 0.0272. The maximum Gasteiger partial charge on any atom is 0.243 e. The van der Waals surface area contributed by atoms with Crippen molar-refractivity contribution in [1.29, 1.82) is 0 Å². The van der Waals surface area contributed by atoms with Crippen molar-refractivity contribution in [3.63, 3.8) is 0 Å². The first kappa shape index (κ1) is 16.8. The van der Waals surface area contributed by atoms with Gasteiger partial charge in [-0.1, -0.05) is 62.1 Å². The standard InChI is InChI=1S/C19H23NO/c1-17(2)16-20-19(21)15-11-6-4-3-5-8-12-18-13-9-7-10-14-18/h7-15,17H,4,6,16H2,1-2H3,(H,20,21). The highest BCUT2D eigenvalue weighted by atomic mass is 16.1. The number of allylic oxidation sites excluding steroid dienone is 2. The van der Waals surface area contributed by atoms with Crippen LogP contribution in [0.5, 0.6) is 0 Å². The summed E-state index contributed by atoms with van der Waals surface area (Å²) in [5.41, 5.74) is 1.15. The quantitative estimate of drug-likeness (QED) is 0.479. The molecule has 0 atom stereocenters. The van der Waals surface area contributed by atoms with Crippen molar-refractivity contribution < 1.29 is 4.79 Å². The average molecular weight is 281 g/mol. The van der Waals surface area contributed by atoms with Gasteiger partial charge in [-0.25, -0.2) is 0 Å². The molecule has 1 amide bonds. The summed E-state index contributed by atoms with van der Waals surface area (Å²) in [5, 5.41) is 2.84. The van der Waals surface area contributed by atoms with E-state index in [1.54, 1.807) is 6.08 Å². The molecule has 0 unspecified atom stereocenters. The number of amides is 1. The van der Waals surface area contributed by atoms with Crippen LogP contribution in [0.4, 0.5) is 0 Å². The molecule has 0 aliphatic heterocycles. The van der Waals surface area contributed by atoms with Crippen molar-refractivity contribution in [2.75, 3.05) is 6.54 Å². The largest absolute Gasteiger partial charge is 0.352 e. The van der Waals surface area contributed by atoms with Gasteiger partial charge in [-0.3, -0.25) is 4.79 Å². The van der Waals surface area contributed by atoms with Crippen molar-refractivity contribution in [2.45, 2.75) is 26.7 Å². The summed E-state index contributed by atoms with van der Waals surface area (Å²) in [6.45, 7) is 4.86. The van der Waals surface area contributed by atoms with Gasteiger partial charge in [0.25, 0.3) is 0 Å². The van der Waals surface area contributed by atoms with E-state index in [0.717, 1.165) is 18.4 Å². The first-order valence-corrected chi connectivity index (χ1v) is 7.33. The molecular formula is C19H23NO. The fourth-order valence-electron chi connectivity index (χ4n) is 1.54. The van der Waals surface area contributed by atoms with Crippen molar-refractivity contribution >= 4 is 12.0 Å². The molecule has 2 nitrogen and oxygen atoms in total. The van der Waals surface area contributed by atoms with Crippen molar-refractivity contribution in [2.24, 2.45) is 5.92 Å². The SMILES string of the molecule is CC(C)CNC(=O)C=CCCC#CC=Cc1ccccc1. The third kappa shape index (κ3) is 9.29. The van der Waals surface area contributed by atoms with Crippen LogP contribution in [0, 0.1) is 17.8 Å². The van der Waals surface area contributed by atoms with Crippen LogP contribution >= 0.6 is 0 Å². The average Bonchev–Trinajstić information content (AvgIpc) is 2.49. The van der Waals surface area contributed by atoms with Crippen LogP contribution in [-0.4, -0.2) is 12.5 Å². The number of nitrogens with one attached hydrogen (secondary N) is 1. The molecule has 0 spiro atoms. The third-order valence-corrected chi connectivity index (χ3v) is 2.65. The molecule has 1 N–H and O–H groups in total. The Kier molecular flexibility index (Phi) is 8.40. The summed E-state index contributed by atoms with van der Waals surface area (Å²) in [4.78, 5) is 11.4. The molecule has 110 valence electrons. The van der Waals surface area contributed by atoms with Crippen molar-refractivity contribution in [1.82, 2.24) is 5.32 Å². The second kappa shape index (κ2) is 10.5. The topological polar surface area (TPSA) is 29.1 Å². The van der Waals surface area contributed by atoms with E-state index in [9.17, 15) is 4.79 Å². The molecule has 21 heavy (non-hydrogen) atoms. The van der Waals surface area contributed by atoms with Crippen LogP contribution in [0.3, 0.4) is 0 Å². The summed E-state index contributed by atoms with van der Waals surface area (Å²) in [5.74, 6) is 6.51. The summed E-state index contributed by atoms with van der Waals surface area (Å²) >= 11 is 0. The molecule has 1 aromatic rings. The third-order valence-electron chi connectivity index (χ3n) is 2.65. The fraction of sp³-hybridized carbons (Fsp3) is 0.316. The number of carbonyl (C=O) groups is 1. The van der Waals surface area contributed by atoms with Crippen LogP contribution in [0.2, 0.25) is 0 Å². The van der Waals surface area contributed by atoms with E-state index in [1.807, 2.05) is 48.6 Å². The van der Waals surface area contributed by atoms with Crippen LogP contribution in [0.1, 0.15) is 32.3 Å². The lowest BCUT2D eigenvalue weighted by Gasteiger charge is -2.03. The Bertz CT molecular complexity index is 530. The summed E-state index contributed by atoms with van der Waals surface area (Å²) < 4.78 is 0. The van der Waals surface area contributed by atoms with E-state index in [2.05, 4.69) is 31.0 Å². The second-order valence-electron chi connectivity index (χ2n) is 5.15. The highest BCUT2D eigenvalue weighted by Crippen LogP contribution is 2.00. The van der Waals surface area contributed by atoms with Gasteiger partial charge in [0.1, 0.15) is 0 Å². The zero-order valence-corrected chi connectivity index (χ0v) is 12.8. The Morgan fingerprint density at radius 2 is 2.05 bits per heavy atom. The van der Waals surface area contributed by atoms with E-state index in [-0.39, 0.29) is 5.91 Å². The maximum absolute atomic E-state index is 11.4. The van der Waals surface area contributed by atoms with E-state index >= 15 is 0 Å². The van der Waals surface area contributed by atoms with Gasteiger partial charge >= 0.3 is 0 Å². The zero-order chi connectivity index (χ0) is 15.3. The minimum atomic E-state index is -0.0272. The molecule has 1 rings (SSSR count). The fourth-order valence-corrected chi connectivity index (χ4v) is 1.54. The summed E-state index contributed by atoms with van der Waals surface area (Å²) in [7, 11) is 0. The Morgan fingerprint density at radius 3 is 2.76 bits per heavy atom. The first-order valence-electron chi connectivity index (χ1n) is 7.33. The van der Waals surface area contributed by atoms with Gasteiger partial charge in [0, 0.05) is 13.0 Å². The number of hydrogen-bond donors (Lipinski definition) is 1. The number of hydrogen-bond acceptors (Lipinski definition) is 1. The van der Waals surface area contributed by atoms with Gasteiger partial charge in [0.2, 0.25) is 5.91 Å². The lowest BCUT2D eigenvalue weighted by molar-refractivity contribution is -0.116. The molecule has 0 saturated carbocycles. The van der Waals surface area contributed by atoms with Crippen LogP contribution in [-0.2, 0) is 4.79 Å². The first-order chi connectivity index (χ1) is 10.2. The Hall–Kier alpha value is -2.27. The highest BCUT2D eigenvalue weighted by Gasteiger charge is 1.96. The predicted molar refractivity (Wildman–Crippen MR) is 89.5 cm³/mol. The van der Waals surface area contributed by atoms with Crippen LogP contribution < -0.4 is 5.32 Å². The van der Waals surface area contributed by atoms with Crippen molar-refractivity contribution in [3.05, 3.63) is 54.1 Å². The zero-order valence-electron chi connectivity index (χ0n) is 12.8. The van der Waals surface area contributed by atoms with Gasteiger partial charge in [-0.05, 0) is 36.1 Å². The normalized spacial score (nSPS) is 10.8. The number of carbonyl (C=O) groups excluding carboxylic acids is 1. The predicted octanol–water partition coefficient (Wildman–Crippen LogP) is 3.81. The van der Waals surface area contributed by atoms with Crippen molar-refractivity contribution in [3.8, 4) is 11.8 Å². The molecular weight excluding hydrogens is 258 g/mol. The highest BCUT2D eigenvalue weighted by molar-refractivity contribution is 5.87. The molecule has 2 heteroatoms. The smallest absolute Gasteiger partial charge is 0.243 e. The van der Waals surface area contributed by atoms with Gasteiger partial charge in [0.05, 0.1) is 0 Å². The molecule has 0 fully saturated rings. The molecule has 0 bridgehead atoms. The number of rotatable bonds is 6. The van der Waals surface area contributed by atoms with Crippen LogP contribution in [0.15, 0.2) is 48.6 Å². The lowest BCUT2D eigenvalue weighted by atomic mass is 10.2. The molecule has 1 aromatic carbocycles. The molecule has 0 aliphatic rings. The van der Waals surface area contributed by atoms with Gasteiger partial charge < -0.3 is 5.32 Å². The molecule has 0 heterocycles. The van der Waals surface area contributed by atoms with Gasteiger partial charge in [0.15, 0.2) is 0 Å². The van der Waals surface area contributed by atoms with E-state index in [0.29, 0.717) is 12.5 Å². The van der Waals surface area contributed by atoms with E-state index in [4.69, 9.17) is 0 Å².